The lowest BCUT2D eigenvalue weighted by molar-refractivity contribution is 0.275. The van der Waals surface area contributed by atoms with Crippen LogP contribution in [0.2, 0.25) is 0 Å². The van der Waals surface area contributed by atoms with Gasteiger partial charge in [0.1, 0.15) is 12.7 Å². The third-order valence-electron chi connectivity index (χ3n) is 1.76. The van der Waals surface area contributed by atoms with Gasteiger partial charge in [0.15, 0.2) is 11.6 Å². The molecule has 2 heterocycles. The number of pyridine rings is 1. The van der Waals surface area contributed by atoms with Crippen LogP contribution in [0.3, 0.4) is 0 Å². The molecule has 0 aliphatic heterocycles. The lowest BCUT2D eigenvalue weighted by Crippen LogP contribution is -2.04. The lowest BCUT2D eigenvalue weighted by atomic mass is 10.2. The smallest absolute Gasteiger partial charge is 0.191 e. The van der Waals surface area contributed by atoms with E-state index in [1.165, 1.54) is 29.6 Å². The summed E-state index contributed by atoms with van der Waals surface area (Å²) in [6.45, 7) is -0.365. The number of nitrogens with zero attached hydrogens (tertiary/aromatic N) is 4. The molecule has 0 aromatic carbocycles. The summed E-state index contributed by atoms with van der Waals surface area (Å²) in [5, 5.41) is 12.6. The highest BCUT2D eigenvalue weighted by Gasteiger charge is 2.10. The number of halogens is 1. The molecule has 0 fully saturated rings. The zero-order valence-corrected chi connectivity index (χ0v) is 7.13. The van der Waals surface area contributed by atoms with Gasteiger partial charge in [0.25, 0.3) is 0 Å². The van der Waals surface area contributed by atoms with Gasteiger partial charge in [-0.3, -0.25) is 0 Å². The van der Waals surface area contributed by atoms with E-state index in [4.69, 9.17) is 5.11 Å². The first-order chi connectivity index (χ1) is 6.83. The summed E-state index contributed by atoms with van der Waals surface area (Å²) in [7, 11) is 0. The van der Waals surface area contributed by atoms with E-state index >= 15 is 0 Å². The van der Waals surface area contributed by atoms with Gasteiger partial charge in [-0.05, 0) is 6.07 Å². The van der Waals surface area contributed by atoms with Gasteiger partial charge in [-0.15, -0.1) is 0 Å². The summed E-state index contributed by atoms with van der Waals surface area (Å²) in [6.07, 6.45) is 4.03. The minimum Gasteiger partial charge on any atom is -0.392 e. The molecule has 6 heteroatoms. The van der Waals surface area contributed by atoms with Crippen molar-refractivity contribution in [3.63, 3.8) is 0 Å². The normalized spacial score (nSPS) is 10.4. The van der Waals surface area contributed by atoms with Gasteiger partial charge in [-0.2, -0.15) is 9.78 Å². The topological polar surface area (TPSA) is 63.8 Å². The standard InChI is InChI=1S/C8H7FN4O/c9-7-6(3-14)1-2-11-8(7)13-5-10-4-12-13/h1-2,4-5,14H,3H2. The van der Waals surface area contributed by atoms with Crippen LogP contribution in [0.4, 0.5) is 4.39 Å². The average Bonchev–Trinajstić information content (AvgIpc) is 2.71. The largest absolute Gasteiger partial charge is 0.392 e. The third-order valence-corrected chi connectivity index (χ3v) is 1.76. The fraction of sp³-hybridized carbons (Fsp3) is 0.125. The van der Waals surface area contributed by atoms with E-state index in [1.807, 2.05) is 0 Å². The minimum absolute atomic E-state index is 0.0362. The minimum atomic E-state index is -0.583. The predicted octanol–water partition coefficient (Wildman–Crippen LogP) is 0.294. The fourth-order valence-corrected chi connectivity index (χ4v) is 1.07. The van der Waals surface area contributed by atoms with Crippen LogP contribution in [0, 0.1) is 5.82 Å². The second-order valence-electron chi connectivity index (χ2n) is 2.61. The Morgan fingerprint density at radius 2 is 2.36 bits per heavy atom. The highest BCUT2D eigenvalue weighted by atomic mass is 19.1. The molecule has 2 rings (SSSR count). The van der Waals surface area contributed by atoms with Crippen LogP contribution in [0.5, 0.6) is 0 Å². The molecule has 0 unspecified atom stereocenters. The molecule has 5 nitrogen and oxygen atoms in total. The Bertz CT molecular complexity index is 429. The molecule has 0 saturated heterocycles. The maximum atomic E-state index is 13.5. The summed E-state index contributed by atoms with van der Waals surface area (Å²) < 4.78 is 14.7. The van der Waals surface area contributed by atoms with Crippen molar-refractivity contribution in [3.05, 3.63) is 36.3 Å². The molecule has 1 N–H and O–H groups in total. The summed E-state index contributed by atoms with van der Waals surface area (Å²) in [5.74, 6) is -0.547. The van der Waals surface area contributed by atoms with Crippen LogP contribution in [0.1, 0.15) is 5.56 Å². The van der Waals surface area contributed by atoms with Crippen LogP contribution in [0.25, 0.3) is 5.82 Å². The van der Waals surface area contributed by atoms with Gasteiger partial charge in [-0.1, -0.05) is 0 Å². The lowest BCUT2D eigenvalue weighted by Gasteiger charge is -2.03. The monoisotopic (exact) mass is 194 g/mol. The Kier molecular flexibility index (Phi) is 2.19. The maximum Gasteiger partial charge on any atom is 0.191 e. The summed E-state index contributed by atoms with van der Waals surface area (Å²) in [6, 6.07) is 1.41. The number of rotatable bonds is 2. The quantitative estimate of drug-likeness (QED) is 0.746. The zero-order chi connectivity index (χ0) is 9.97. The number of aliphatic hydroxyl groups is 1. The van der Waals surface area contributed by atoms with Crippen molar-refractivity contribution in [1.29, 1.82) is 0 Å². The zero-order valence-electron chi connectivity index (χ0n) is 7.13. The molecular formula is C8H7FN4O. The van der Waals surface area contributed by atoms with Gasteiger partial charge in [0, 0.05) is 11.8 Å². The maximum absolute atomic E-state index is 13.5. The Balaban J connectivity index is 2.54. The van der Waals surface area contributed by atoms with Gasteiger partial charge in [-0.25, -0.2) is 14.4 Å². The number of aliphatic hydroxyl groups excluding tert-OH is 1. The van der Waals surface area contributed by atoms with Crippen LogP contribution in [-0.2, 0) is 6.61 Å². The number of hydrogen-bond donors (Lipinski definition) is 1. The first-order valence-corrected chi connectivity index (χ1v) is 3.92. The van der Waals surface area contributed by atoms with E-state index in [2.05, 4.69) is 15.1 Å². The van der Waals surface area contributed by atoms with E-state index in [0.29, 0.717) is 0 Å². The van der Waals surface area contributed by atoms with Crippen molar-refractivity contribution in [1.82, 2.24) is 19.7 Å². The van der Waals surface area contributed by atoms with Crippen LogP contribution >= 0.6 is 0 Å². The van der Waals surface area contributed by atoms with Gasteiger partial charge in [0.05, 0.1) is 6.61 Å². The highest BCUT2D eigenvalue weighted by molar-refractivity contribution is 5.28. The Morgan fingerprint density at radius 1 is 1.50 bits per heavy atom. The van der Waals surface area contributed by atoms with Gasteiger partial charge < -0.3 is 5.11 Å². The molecule has 0 bridgehead atoms. The molecule has 0 amide bonds. The summed E-state index contributed by atoms with van der Waals surface area (Å²) in [5.41, 5.74) is 0.186. The molecule has 2 aromatic rings. The van der Waals surface area contributed by atoms with Crippen LogP contribution in [0.15, 0.2) is 24.9 Å². The van der Waals surface area contributed by atoms with Crippen LogP contribution < -0.4 is 0 Å². The molecule has 14 heavy (non-hydrogen) atoms. The van der Waals surface area contributed by atoms with Gasteiger partial charge >= 0.3 is 0 Å². The van der Waals surface area contributed by atoms with Crippen molar-refractivity contribution in [2.75, 3.05) is 0 Å². The molecule has 72 valence electrons. The Morgan fingerprint density at radius 3 is 3.00 bits per heavy atom. The predicted molar refractivity (Wildman–Crippen MR) is 45.0 cm³/mol. The molecule has 2 aromatic heterocycles. The van der Waals surface area contributed by atoms with Gasteiger partial charge in [0.2, 0.25) is 0 Å². The molecule has 0 spiro atoms. The van der Waals surface area contributed by atoms with Crippen LogP contribution in [-0.4, -0.2) is 24.9 Å². The summed E-state index contributed by atoms with van der Waals surface area (Å²) in [4.78, 5) is 7.48. The third kappa shape index (κ3) is 1.35. The number of aromatic nitrogens is 4. The number of hydrogen-bond acceptors (Lipinski definition) is 4. The van der Waals surface area contributed by atoms with E-state index in [-0.39, 0.29) is 18.0 Å². The molecule has 0 radical (unpaired) electrons. The Labute approximate surface area is 78.9 Å². The van der Waals surface area contributed by atoms with Crippen molar-refractivity contribution < 1.29 is 9.50 Å². The molecule has 0 atom stereocenters. The highest BCUT2D eigenvalue weighted by Crippen LogP contribution is 2.12. The first-order valence-electron chi connectivity index (χ1n) is 3.92. The van der Waals surface area contributed by atoms with Crippen molar-refractivity contribution >= 4 is 0 Å². The average molecular weight is 194 g/mol. The van der Waals surface area contributed by atoms with Crippen molar-refractivity contribution in [3.8, 4) is 5.82 Å². The SMILES string of the molecule is OCc1ccnc(-n2cncn2)c1F. The first kappa shape index (κ1) is 8.76. The molecule has 0 aliphatic rings. The van der Waals surface area contributed by atoms with E-state index in [0.717, 1.165) is 0 Å². The summed E-state index contributed by atoms with van der Waals surface area (Å²) >= 11 is 0. The fourth-order valence-electron chi connectivity index (χ4n) is 1.07. The van der Waals surface area contributed by atoms with E-state index in [1.54, 1.807) is 0 Å². The van der Waals surface area contributed by atoms with Crippen molar-refractivity contribution in [2.24, 2.45) is 0 Å². The second kappa shape index (κ2) is 3.51. The Hall–Kier alpha value is -1.82. The molecular weight excluding hydrogens is 187 g/mol. The van der Waals surface area contributed by atoms with E-state index < -0.39 is 5.82 Å². The molecule has 0 saturated carbocycles. The van der Waals surface area contributed by atoms with Crippen molar-refractivity contribution in [2.45, 2.75) is 6.61 Å². The molecule has 0 aliphatic carbocycles. The van der Waals surface area contributed by atoms with E-state index in [9.17, 15) is 4.39 Å². The second-order valence-corrected chi connectivity index (χ2v) is 2.61.